The van der Waals surface area contributed by atoms with Crippen LogP contribution in [0.25, 0.3) is 0 Å². The van der Waals surface area contributed by atoms with E-state index in [1.807, 2.05) is 13.8 Å². The number of ether oxygens (including phenoxy) is 2. The number of fused-ring (bicyclic) bond motifs is 1. The number of carbonyl (C=O) groups excluding carboxylic acids is 5. The molecule has 14 nitrogen and oxygen atoms in total. The molecule has 218 valence electrons. The molecule has 0 radical (unpaired) electrons. The number of rotatable bonds is 13. The molecule has 16 heteroatoms. The third kappa shape index (κ3) is 7.37. The average molecular weight is 597 g/mol. The summed E-state index contributed by atoms with van der Waals surface area (Å²) < 4.78 is 10.6. The topological polar surface area (TPSA) is 169 Å². The maximum atomic E-state index is 13.3. The van der Waals surface area contributed by atoms with Crippen molar-refractivity contribution in [3.8, 4) is 0 Å². The van der Waals surface area contributed by atoms with Crippen molar-refractivity contribution in [1.82, 2.24) is 20.1 Å². The van der Waals surface area contributed by atoms with E-state index in [2.05, 4.69) is 25.7 Å². The number of aromatic nitrogens is 1. The number of nitrogens with one attached hydrogen (secondary N) is 2. The number of hydrogen-bond acceptors (Lipinski definition) is 13. The predicted molar refractivity (Wildman–Crippen MR) is 147 cm³/mol. The highest BCUT2D eigenvalue weighted by molar-refractivity contribution is 8.00. The van der Waals surface area contributed by atoms with Crippen LogP contribution >= 0.6 is 23.1 Å². The van der Waals surface area contributed by atoms with Crippen LogP contribution in [-0.2, 0) is 38.3 Å². The minimum Gasteiger partial charge on any atom is -0.461 e. The van der Waals surface area contributed by atoms with Crippen LogP contribution < -0.4 is 10.6 Å². The van der Waals surface area contributed by atoms with Crippen LogP contribution in [0.15, 0.2) is 21.8 Å². The molecule has 0 spiro atoms. The van der Waals surface area contributed by atoms with Crippen molar-refractivity contribution in [3.05, 3.63) is 22.3 Å². The standard InChI is InChI=1S/C24H32N6O8S2/c1-6-29(7-2)8-9-37-23(35)19-15(10-38-14(4)32)11-39-22-18(21(34)30(19)22)27-20(33)17(28-36-5)16-12-40-24(26-16)25-13(3)31/h12,18,22H,6-11H2,1-5H3,(H,27,33)(H,25,26,31). The van der Waals surface area contributed by atoms with Gasteiger partial charge in [0.1, 0.15) is 43.1 Å². The van der Waals surface area contributed by atoms with Gasteiger partial charge >= 0.3 is 11.9 Å². The summed E-state index contributed by atoms with van der Waals surface area (Å²) in [4.78, 5) is 74.6. The Balaban J connectivity index is 1.76. The molecular formula is C24H32N6O8S2. The number of nitrogens with zero attached hydrogens (tertiary/aromatic N) is 4. The van der Waals surface area contributed by atoms with Crippen molar-refractivity contribution >= 4 is 63.6 Å². The van der Waals surface area contributed by atoms with Gasteiger partial charge in [-0.2, -0.15) is 0 Å². The van der Waals surface area contributed by atoms with Gasteiger partial charge in [0.15, 0.2) is 10.8 Å². The smallest absolute Gasteiger partial charge is 0.355 e. The van der Waals surface area contributed by atoms with E-state index in [9.17, 15) is 24.0 Å². The summed E-state index contributed by atoms with van der Waals surface area (Å²) in [5, 5.41) is 10.1. The van der Waals surface area contributed by atoms with E-state index < -0.39 is 35.2 Å². The Morgan fingerprint density at radius 3 is 2.55 bits per heavy atom. The van der Waals surface area contributed by atoms with Crippen LogP contribution in [0, 0.1) is 0 Å². The Morgan fingerprint density at radius 1 is 1.20 bits per heavy atom. The number of amides is 3. The minimum atomic E-state index is -0.971. The molecule has 2 atom stereocenters. The number of hydrogen-bond donors (Lipinski definition) is 2. The van der Waals surface area contributed by atoms with Crippen LogP contribution in [0.3, 0.4) is 0 Å². The molecule has 3 amide bonds. The quantitative estimate of drug-likeness (QED) is 0.141. The van der Waals surface area contributed by atoms with Gasteiger partial charge in [0.25, 0.3) is 11.8 Å². The van der Waals surface area contributed by atoms with Crippen molar-refractivity contribution < 1.29 is 38.3 Å². The Bertz CT molecular complexity index is 1210. The molecule has 0 saturated carbocycles. The molecule has 2 unspecified atom stereocenters. The maximum absolute atomic E-state index is 13.3. The summed E-state index contributed by atoms with van der Waals surface area (Å²) >= 11 is 2.40. The second-order valence-electron chi connectivity index (χ2n) is 8.60. The Hall–Kier alpha value is -3.50. The summed E-state index contributed by atoms with van der Waals surface area (Å²) in [7, 11) is 1.26. The molecule has 3 rings (SSSR count). The summed E-state index contributed by atoms with van der Waals surface area (Å²) in [6, 6.07) is -0.971. The van der Waals surface area contributed by atoms with Gasteiger partial charge in [-0.05, 0) is 13.1 Å². The van der Waals surface area contributed by atoms with Gasteiger partial charge < -0.3 is 29.8 Å². The van der Waals surface area contributed by atoms with Gasteiger partial charge in [-0.25, -0.2) is 9.78 Å². The van der Waals surface area contributed by atoms with Crippen LogP contribution in [-0.4, -0.2) is 107 Å². The first-order chi connectivity index (χ1) is 19.1. The molecule has 1 aromatic heterocycles. The van der Waals surface area contributed by atoms with E-state index in [1.54, 1.807) is 0 Å². The summed E-state index contributed by atoms with van der Waals surface area (Å²) in [6.07, 6.45) is 0. The molecule has 1 fully saturated rings. The van der Waals surface area contributed by atoms with E-state index in [1.165, 1.54) is 43.0 Å². The number of thiazole rings is 1. The number of thioether (sulfide) groups is 1. The summed E-state index contributed by atoms with van der Waals surface area (Å²) in [6.45, 7) is 8.65. The fourth-order valence-electron chi connectivity index (χ4n) is 3.94. The van der Waals surface area contributed by atoms with Crippen LogP contribution in [0.5, 0.6) is 0 Å². The summed E-state index contributed by atoms with van der Waals surface area (Å²) in [5.41, 5.74) is 0.417. The highest BCUT2D eigenvalue weighted by atomic mass is 32.2. The molecule has 0 aromatic carbocycles. The number of esters is 2. The molecule has 0 bridgehead atoms. The number of likely N-dealkylation sites (N-methyl/N-ethyl adjacent to an activating group) is 1. The van der Waals surface area contributed by atoms with Crippen LogP contribution in [0.4, 0.5) is 5.13 Å². The zero-order valence-corrected chi connectivity index (χ0v) is 24.5. The van der Waals surface area contributed by atoms with Crippen molar-refractivity contribution in [2.24, 2.45) is 5.16 Å². The lowest BCUT2D eigenvalue weighted by Crippen LogP contribution is -2.71. The predicted octanol–water partition coefficient (Wildman–Crippen LogP) is 0.554. The highest BCUT2D eigenvalue weighted by Crippen LogP contribution is 2.40. The molecule has 1 saturated heterocycles. The third-order valence-electron chi connectivity index (χ3n) is 5.94. The molecule has 0 aliphatic carbocycles. The SMILES string of the molecule is CCN(CC)CCOC(=O)C1=C(COC(C)=O)CSC2C(NC(=O)C(=NOC)c3csc(NC(C)=O)n3)C(=O)N12. The number of anilines is 1. The first kappa shape index (κ1) is 31.0. The van der Waals surface area contributed by atoms with E-state index in [0.717, 1.165) is 24.4 Å². The largest absolute Gasteiger partial charge is 0.461 e. The van der Waals surface area contributed by atoms with Gasteiger partial charge in [0.05, 0.1) is 0 Å². The molecule has 1 aromatic rings. The second kappa shape index (κ2) is 14.2. The van der Waals surface area contributed by atoms with Crippen LogP contribution in [0.2, 0.25) is 0 Å². The Labute approximate surface area is 239 Å². The van der Waals surface area contributed by atoms with Gasteiger partial charge in [0, 0.05) is 37.1 Å². The lowest BCUT2D eigenvalue weighted by atomic mass is 10.0. The molecule has 40 heavy (non-hydrogen) atoms. The minimum absolute atomic E-state index is 0.0188. The zero-order valence-electron chi connectivity index (χ0n) is 22.8. The van der Waals surface area contributed by atoms with Gasteiger partial charge in [0.2, 0.25) is 5.91 Å². The molecule has 2 aliphatic rings. The lowest BCUT2D eigenvalue weighted by molar-refractivity contribution is -0.153. The zero-order chi connectivity index (χ0) is 29.4. The fraction of sp³-hybridized carbons (Fsp3) is 0.542. The number of β-lactam (4-membered cyclic amide) rings is 1. The number of carbonyl (C=O) groups is 5. The molecule has 2 N–H and O–H groups in total. The van der Waals surface area contributed by atoms with Crippen molar-refractivity contribution in [2.75, 3.05) is 51.0 Å². The van der Waals surface area contributed by atoms with Crippen molar-refractivity contribution in [2.45, 2.75) is 39.1 Å². The van der Waals surface area contributed by atoms with E-state index in [-0.39, 0.29) is 47.1 Å². The first-order valence-electron chi connectivity index (χ1n) is 12.5. The van der Waals surface area contributed by atoms with Gasteiger partial charge in [-0.15, -0.1) is 23.1 Å². The van der Waals surface area contributed by atoms with Gasteiger partial charge in [-0.1, -0.05) is 19.0 Å². The van der Waals surface area contributed by atoms with Gasteiger partial charge in [-0.3, -0.25) is 24.1 Å². The van der Waals surface area contributed by atoms with E-state index in [0.29, 0.717) is 12.1 Å². The monoisotopic (exact) mass is 596 g/mol. The maximum Gasteiger partial charge on any atom is 0.355 e. The second-order valence-corrected chi connectivity index (χ2v) is 10.6. The average Bonchev–Trinajstić information content (AvgIpc) is 3.37. The lowest BCUT2D eigenvalue weighted by Gasteiger charge is -2.49. The van der Waals surface area contributed by atoms with Crippen molar-refractivity contribution in [1.29, 1.82) is 0 Å². The molecule has 3 heterocycles. The van der Waals surface area contributed by atoms with E-state index in [4.69, 9.17) is 14.3 Å². The van der Waals surface area contributed by atoms with Crippen molar-refractivity contribution in [3.63, 3.8) is 0 Å². The molecular weight excluding hydrogens is 564 g/mol. The third-order valence-corrected chi connectivity index (χ3v) is 8.04. The Kier molecular flexibility index (Phi) is 11.0. The Morgan fingerprint density at radius 2 is 1.93 bits per heavy atom. The first-order valence-corrected chi connectivity index (χ1v) is 14.4. The normalized spacial score (nSPS) is 18.6. The number of oxime groups is 1. The summed E-state index contributed by atoms with van der Waals surface area (Å²) in [5.74, 6) is -2.53. The van der Waals surface area contributed by atoms with Crippen LogP contribution in [0.1, 0.15) is 33.4 Å². The highest BCUT2D eigenvalue weighted by Gasteiger charge is 2.54. The fourth-order valence-corrected chi connectivity index (χ4v) is 6.01. The van der Waals surface area contributed by atoms with E-state index >= 15 is 0 Å². The molecule has 2 aliphatic heterocycles.